The van der Waals surface area contributed by atoms with Gasteiger partial charge in [-0.05, 0) is 12.1 Å². The van der Waals surface area contributed by atoms with Gasteiger partial charge in [-0.3, -0.25) is 0 Å². The molecular weight excluding hydrogens is 130 g/mol. The number of furan rings is 1. The van der Waals surface area contributed by atoms with Crippen LogP contribution in [0.1, 0.15) is 0 Å². The van der Waals surface area contributed by atoms with Gasteiger partial charge in [0.1, 0.15) is 18.2 Å². The smallest absolute Gasteiger partial charge is 0.147 e. The maximum Gasteiger partial charge on any atom is 0.147 e. The molecule has 0 saturated carbocycles. The lowest BCUT2D eigenvalue weighted by atomic mass is 10.3. The van der Waals surface area contributed by atoms with Crippen molar-refractivity contribution in [2.45, 2.75) is 0 Å². The average Bonchev–Trinajstić information content (AvgIpc) is 2.59. The first-order valence-corrected chi connectivity index (χ1v) is 2.83. The molecule has 2 aromatic heterocycles. The Kier molecular flexibility index (Phi) is 1.07. The van der Waals surface area contributed by atoms with Crippen LogP contribution in [0.25, 0.3) is 11.3 Å². The monoisotopic (exact) mass is 134 g/mol. The molecule has 49 valence electrons. The van der Waals surface area contributed by atoms with Gasteiger partial charge in [0.15, 0.2) is 0 Å². The summed E-state index contributed by atoms with van der Waals surface area (Å²) in [4.78, 5) is 0. The van der Waals surface area contributed by atoms with Crippen LogP contribution in [0.2, 0.25) is 0 Å². The van der Waals surface area contributed by atoms with E-state index >= 15 is 0 Å². The van der Waals surface area contributed by atoms with Crippen LogP contribution < -0.4 is 0 Å². The third kappa shape index (κ3) is 0.719. The van der Waals surface area contributed by atoms with Crippen molar-refractivity contribution in [1.29, 1.82) is 0 Å². The van der Waals surface area contributed by atoms with Crippen LogP contribution in [0.4, 0.5) is 0 Å². The first-order chi connectivity index (χ1) is 4.97. The van der Waals surface area contributed by atoms with Crippen LogP contribution in [0.15, 0.2) is 33.6 Å². The minimum Gasteiger partial charge on any atom is -0.464 e. The van der Waals surface area contributed by atoms with E-state index in [2.05, 4.69) is 15.9 Å². The van der Waals surface area contributed by atoms with E-state index in [-0.39, 0.29) is 0 Å². The summed E-state index contributed by atoms with van der Waals surface area (Å²) in [5, 5.41) is 3.42. The molecule has 0 atom stereocenters. The predicted molar refractivity (Wildman–Crippen MR) is 33.0 cm³/mol. The highest BCUT2D eigenvalue weighted by Gasteiger charge is 2.01. The molecule has 0 spiro atoms. The molecule has 0 aliphatic rings. The standard InChI is InChI=1S/C7H4NO2/c1-2-7(9-3-1)6-4-8-10-5-6/h1-3,5H. The van der Waals surface area contributed by atoms with E-state index in [0.717, 1.165) is 11.3 Å². The van der Waals surface area contributed by atoms with Gasteiger partial charge in [-0.15, -0.1) is 0 Å². The third-order valence-electron chi connectivity index (χ3n) is 1.18. The van der Waals surface area contributed by atoms with Gasteiger partial charge >= 0.3 is 0 Å². The number of nitrogens with zero attached hydrogens (tertiary/aromatic N) is 1. The Morgan fingerprint density at radius 1 is 1.50 bits per heavy atom. The van der Waals surface area contributed by atoms with Crippen molar-refractivity contribution in [2.75, 3.05) is 0 Å². The largest absolute Gasteiger partial charge is 0.464 e. The fourth-order valence-electron chi connectivity index (χ4n) is 0.726. The zero-order valence-corrected chi connectivity index (χ0v) is 5.07. The second kappa shape index (κ2) is 2.02. The van der Waals surface area contributed by atoms with Crippen LogP contribution in [0.3, 0.4) is 0 Å². The Bertz CT molecular complexity index is 251. The van der Waals surface area contributed by atoms with Crippen LogP contribution in [0, 0.1) is 6.20 Å². The average molecular weight is 134 g/mol. The Morgan fingerprint density at radius 3 is 3.10 bits per heavy atom. The van der Waals surface area contributed by atoms with Crippen molar-refractivity contribution in [3.05, 3.63) is 30.9 Å². The van der Waals surface area contributed by atoms with E-state index in [1.807, 2.05) is 6.07 Å². The third-order valence-corrected chi connectivity index (χ3v) is 1.18. The summed E-state index contributed by atoms with van der Waals surface area (Å²) >= 11 is 0. The topological polar surface area (TPSA) is 39.2 Å². The predicted octanol–water partition coefficient (Wildman–Crippen LogP) is 1.73. The molecule has 0 bridgehead atoms. The van der Waals surface area contributed by atoms with Crippen molar-refractivity contribution in [3.63, 3.8) is 0 Å². The first-order valence-electron chi connectivity index (χ1n) is 2.83. The number of rotatable bonds is 1. The first kappa shape index (κ1) is 5.29. The molecule has 0 saturated heterocycles. The van der Waals surface area contributed by atoms with Crippen LogP contribution in [-0.4, -0.2) is 5.16 Å². The van der Waals surface area contributed by atoms with Gasteiger partial charge in [0.25, 0.3) is 0 Å². The molecule has 1 radical (unpaired) electrons. The van der Waals surface area contributed by atoms with Crippen molar-refractivity contribution in [1.82, 2.24) is 5.16 Å². The van der Waals surface area contributed by atoms with Crippen molar-refractivity contribution in [2.24, 2.45) is 0 Å². The number of hydrogen-bond acceptors (Lipinski definition) is 3. The second-order valence-corrected chi connectivity index (χ2v) is 1.82. The van der Waals surface area contributed by atoms with E-state index in [0.29, 0.717) is 0 Å². The molecule has 0 aliphatic heterocycles. The Labute approximate surface area is 57.2 Å². The molecule has 10 heavy (non-hydrogen) atoms. The summed E-state index contributed by atoms with van der Waals surface area (Å²) in [5.41, 5.74) is 0.741. The summed E-state index contributed by atoms with van der Waals surface area (Å²) in [6, 6.07) is 3.62. The van der Waals surface area contributed by atoms with Gasteiger partial charge in [-0.2, -0.15) is 0 Å². The van der Waals surface area contributed by atoms with Crippen molar-refractivity contribution in [3.8, 4) is 11.3 Å². The number of aromatic nitrogens is 1. The summed E-state index contributed by atoms with van der Waals surface area (Å²) < 4.78 is 9.62. The molecule has 0 N–H and O–H groups in total. The molecule has 3 nitrogen and oxygen atoms in total. The molecule has 2 aromatic rings. The highest BCUT2D eigenvalue weighted by Crippen LogP contribution is 2.17. The van der Waals surface area contributed by atoms with Gasteiger partial charge < -0.3 is 8.94 Å². The lowest BCUT2D eigenvalue weighted by molar-refractivity contribution is 0.418. The lowest BCUT2D eigenvalue weighted by Crippen LogP contribution is -1.63. The van der Waals surface area contributed by atoms with Gasteiger partial charge in [-0.1, -0.05) is 5.16 Å². The van der Waals surface area contributed by atoms with E-state index in [1.165, 1.54) is 6.26 Å². The van der Waals surface area contributed by atoms with Gasteiger partial charge in [0, 0.05) is 0 Å². The molecule has 0 aliphatic carbocycles. The maximum atomic E-state index is 5.05. The lowest BCUT2D eigenvalue weighted by Gasteiger charge is -1.81. The molecule has 2 rings (SSSR count). The van der Waals surface area contributed by atoms with E-state index in [4.69, 9.17) is 4.42 Å². The fourth-order valence-corrected chi connectivity index (χ4v) is 0.726. The van der Waals surface area contributed by atoms with Crippen LogP contribution in [0.5, 0.6) is 0 Å². The summed E-state index contributed by atoms with van der Waals surface area (Å²) in [5.74, 6) is 0.723. The van der Waals surface area contributed by atoms with Crippen molar-refractivity contribution < 1.29 is 8.94 Å². The van der Waals surface area contributed by atoms with E-state index < -0.39 is 0 Å². The second-order valence-electron chi connectivity index (χ2n) is 1.82. The van der Waals surface area contributed by atoms with Gasteiger partial charge in [0.2, 0.25) is 0 Å². The fraction of sp³-hybridized carbons (Fsp3) is 0. The van der Waals surface area contributed by atoms with Crippen LogP contribution in [-0.2, 0) is 0 Å². The minimum atomic E-state index is 0.723. The molecule has 3 heteroatoms. The normalized spacial score (nSPS) is 10.0. The van der Waals surface area contributed by atoms with E-state index in [9.17, 15) is 0 Å². The van der Waals surface area contributed by atoms with Crippen molar-refractivity contribution >= 4 is 0 Å². The molecule has 0 aromatic carbocycles. The quantitative estimate of drug-likeness (QED) is 0.596. The molecule has 0 amide bonds. The van der Waals surface area contributed by atoms with Gasteiger partial charge in [-0.25, -0.2) is 0 Å². The Hall–Kier alpha value is -1.51. The zero-order valence-electron chi connectivity index (χ0n) is 5.07. The minimum absolute atomic E-state index is 0.723. The molecule has 0 fully saturated rings. The summed E-state index contributed by atoms with van der Waals surface area (Å²) in [7, 11) is 0. The summed E-state index contributed by atoms with van der Waals surface area (Å²) in [6.45, 7) is 0. The highest BCUT2D eigenvalue weighted by molar-refractivity contribution is 5.52. The number of hydrogen-bond donors (Lipinski definition) is 0. The Balaban J connectivity index is 2.48. The Morgan fingerprint density at radius 2 is 2.50 bits per heavy atom. The molecule has 2 heterocycles. The highest BCUT2D eigenvalue weighted by atomic mass is 16.5. The molecular formula is C7H4NO2. The molecule has 0 unspecified atom stereocenters. The SMILES string of the molecule is [c]1nocc1-c1ccco1. The zero-order chi connectivity index (χ0) is 6.81. The van der Waals surface area contributed by atoms with Crippen LogP contribution >= 0.6 is 0 Å². The van der Waals surface area contributed by atoms with E-state index in [1.54, 1.807) is 12.3 Å². The van der Waals surface area contributed by atoms with Gasteiger partial charge in [0.05, 0.1) is 11.8 Å². The summed E-state index contributed by atoms with van der Waals surface area (Å²) in [6.07, 6.45) is 5.71. The maximum absolute atomic E-state index is 5.05.